The van der Waals surface area contributed by atoms with E-state index in [0.29, 0.717) is 0 Å². The van der Waals surface area contributed by atoms with Gasteiger partial charge in [0.25, 0.3) is 0 Å². The number of rotatable bonds is 8. The zero-order chi connectivity index (χ0) is 28.3. The summed E-state index contributed by atoms with van der Waals surface area (Å²) in [4.78, 5) is 28.1. The molecule has 1 aromatic carbocycles. The molecule has 11 nitrogen and oxygen atoms in total. The van der Waals surface area contributed by atoms with Crippen molar-refractivity contribution in [2.45, 2.75) is 33.2 Å². The molecule has 0 saturated carbocycles. The summed E-state index contributed by atoms with van der Waals surface area (Å²) in [5.74, 6) is -0.919. The Kier molecular flexibility index (Phi) is 7.90. The van der Waals surface area contributed by atoms with E-state index in [-0.39, 0.29) is 34.0 Å². The van der Waals surface area contributed by atoms with E-state index in [2.05, 4.69) is 15.2 Å². The van der Waals surface area contributed by atoms with Gasteiger partial charge in [-0.15, -0.1) is 15.0 Å². The maximum absolute atomic E-state index is 13.2. The number of aliphatic carboxylic acids is 1. The second-order valence-corrected chi connectivity index (χ2v) is 8.65. The molecule has 0 fully saturated rings. The van der Waals surface area contributed by atoms with Gasteiger partial charge in [-0.25, -0.2) is 4.79 Å². The smallest absolute Gasteiger partial charge is 0.497 e. The van der Waals surface area contributed by atoms with Gasteiger partial charge in [0.1, 0.15) is 24.1 Å². The van der Waals surface area contributed by atoms with E-state index in [1.165, 1.54) is 46.1 Å². The molecular formula is C24H22F3N5O6. The van der Waals surface area contributed by atoms with Crippen LogP contribution in [0, 0.1) is 16.7 Å². The maximum atomic E-state index is 13.2. The minimum atomic E-state index is -4.57. The molecule has 14 heteroatoms. The summed E-state index contributed by atoms with van der Waals surface area (Å²) >= 11 is 0. The van der Waals surface area contributed by atoms with Crippen molar-refractivity contribution in [3.05, 3.63) is 47.8 Å². The number of nitriles is 1. The summed E-state index contributed by atoms with van der Waals surface area (Å²) in [5, 5.41) is 26.9. The molecule has 38 heavy (non-hydrogen) atoms. The highest BCUT2D eigenvalue weighted by molar-refractivity contribution is 5.75. The molecule has 3 rings (SSSR count). The van der Waals surface area contributed by atoms with Gasteiger partial charge in [-0.05, 0) is 51.1 Å². The van der Waals surface area contributed by atoms with Gasteiger partial charge in [0.05, 0.1) is 23.8 Å². The number of carbonyl (C=O) groups is 2. The molecule has 0 aliphatic heterocycles. The molecular weight excluding hydrogens is 511 g/mol. The molecule has 0 radical (unpaired) electrons. The van der Waals surface area contributed by atoms with Crippen LogP contribution in [0.5, 0.6) is 5.75 Å². The van der Waals surface area contributed by atoms with Crippen molar-refractivity contribution in [3.63, 3.8) is 0 Å². The normalized spacial score (nSPS) is 12.4. The highest BCUT2D eigenvalue weighted by atomic mass is 19.4. The number of halogens is 3. The molecule has 200 valence electrons. The number of methoxy groups -OCH3 is 1. The van der Waals surface area contributed by atoms with Crippen LogP contribution in [-0.4, -0.2) is 50.9 Å². The van der Waals surface area contributed by atoms with Crippen LogP contribution in [0.25, 0.3) is 22.5 Å². The summed E-state index contributed by atoms with van der Waals surface area (Å²) in [6.45, 7) is 3.66. The van der Waals surface area contributed by atoms with E-state index in [1.54, 1.807) is 0 Å². The lowest BCUT2D eigenvalue weighted by Crippen LogP contribution is -2.31. The van der Waals surface area contributed by atoms with Gasteiger partial charge in [-0.1, -0.05) is 0 Å². The Morgan fingerprint density at radius 1 is 1.16 bits per heavy atom. The minimum Gasteiger partial charge on any atom is -0.497 e. The molecule has 2 aromatic heterocycles. The van der Waals surface area contributed by atoms with Crippen LogP contribution in [-0.2, 0) is 20.4 Å². The van der Waals surface area contributed by atoms with Crippen LogP contribution in [0.2, 0.25) is 0 Å². The molecule has 0 aliphatic rings. The fourth-order valence-electron chi connectivity index (χ4n) is 3.04. The number of ether oxygens (including phenoxy) is 3. The first-order chi connectivity index (χ1) is 17.7. The molecule has 0 spiro atoms. The lowest BCUT2D eigenvalue weighted by Gasteiger charge is -2.19. The minimum absolute atomic E-state index is 0.00889. The van der Waals surface area contributed by atoms with E-state index in [4.69, 9.17) is 19.3 Å². The zero-order valence-electron chi connectivity index (χ0n) is 20.6. The number of alkyl halides is 3. The summed E-state index contributed by atoms with van der Waals surface area (Å²) < 4.78 is 54.8. The van der Waals surface area contributed by atoms with Gasteiger partial charge in [0.2, 0.25) is 6.23 Å². The SMILES string of the molecule is COc1cc(-c2cc(C(F)(F)F)ccn2)cc(-c2nn(C(C)OC(=O)OCC(C)(C)C(=O)O)nc2C#N)c1. The van der Waals surface area contributed by atoms with E-state index in [1.807, 2.05) is 6.07 Å². The lowest BCUT2D eigenvalue weighted by molar-refractivity contribution is -0.149. The molecule has 1 unspecified atom stereocenters. The van der Waals surface area contributed by atoms with Crippen molar-refractivity contribution in [2.24, 2.45) is 5.41 Å². The number of hydrogen-bond donors (Lipinski definition) is 1. The fraction of sp³-hybridized carbons (Fsp3) is 0.333. The third kappa shape index (κ3) is 6.36. The third-order valence-corrected chi connectivity index (χ3v) is 5.26. The average molecular weight is 533 g/mol. The Balaban J connectivity index is 1.91. The topological polar surface area (TPSA) is 149 Å². The third-order valence-electron chi connectivity index (χ3n) is 5.26. The Labute approximate surface area is 214 Å². The number of carboxylic acid groups (broad SMARTS) is 1. The maximum Gasteiger partial charge on any atom is 0.510 e. The Morgan fingerprint density at radius 3 is 2.45 bits per heavy atom. The van der Waals surface area contributed by atoms with Crippen LogP contribution in [0.1, 0.15) is 38.3 Å². The summed E-state index contributed by atoms with van der Waals surface area (Å²) in [7, 11) is 1.36. The highest BCUT2D eigenvalue weighted by Gasteiger charge is 2.31. The van der Waals surface area contributed by atoms with Crippen molar-refractivity contribution < 1.29 is 42.1 Å². The molecule has 1 N–H and O–H groups in total. The number of carboxylic acids is 1. The van der Waals surface area contributed by atoms with E-state index in [0.717, 1.165) is 23.1 Å². The first-order valence-corrected chi connectivity index (χ1v) is 10.9. The number of benzene rings is 1. The van der Waals surface area contributed by atoms with Crippen molar-refractivity contribution in [1.29, 1.82) is 5.26 Å². The van der Waals surface area contributed by atoms with Gasteiger partial charge in [0.15, 0.2) is 5.69 Å². The second-order valence-electron chi connectivity index (χ2n) is 8.65. The van der Waals surface area contributed by atoms with Gasteiger partial charge in [-0.2, -0.15) is 18.4 Å². The molecule has 3 aromatic rings. The van der Waals surface area contributed by atoms with Crippen molar-refractivity contribution in [2.75, 3.05) is 13.7 Å². The van der Waals surface area contributed by atoms with E-state index < -0.39 is 42.1 Å². The van der Waals surface area contributed by atoms with Crippen LogP contribution < -0.4 is 4.74 Å². The van der Waals surface area contributed by atoms with Crippen LogP contribution in [0.4, 0.5) is 18.0 Å². The first-order valence-electron chi connectivity index (χ1n) is 10.9. The van der Waals surface area contributed by atoms with Crippen LogP contribution in [0.3, 0.4) is 0 Å². The number of aromatic nitrogens is 4. The summed E-state index contributed by atoms with van der Waals surface area (Å²) in [5.41, 5.74) is -1.81. The molecule has 0 bridgehead atoms. The predicted octanol–water partition coefficient (Wildman–Crippen LogP) is 4.69. The molecule has 0 aliphatic carbocycles. The number of carbonyl (C=O) groups excluding carboxylic acids is 1. The summed E-state index contributed by atoms with van der Waals surface area (Å²) in [6, 6.07) is 8.04. The predicted molar refractivity (Wildman–Crippen MR) is 124 cm³/mol. The van der Waals surface area contributed by atoms with Gasteiger partial charge in [-0.3, -0.25) is 9.78 Å². The number of hydrogen-bond acceptors (Lipinski definition) is 9. The monoisotopic (exact) mass is 533 g/mol. The van der Waals surface area contributed by atoms with Gasteiger partial charge < -0.3 is 19.3 Å². The van der Waals surface area contributed by atoms with Crippen molar-refractivity contribution in [3.8, 4) is 34.3 Å². The largest absolute Gasteiger partial charge is 0.510 e. The number of pyridine rings is 1. The van der Waals surface area contributed by atoms with Gasteiger partial charge in [0, 0.05) is 17.3 Å². The Morgan fingerprint density at radius 2 is 1.84 bits per heavy atom. The highest BCUT2D eigenvalue weighted by Crippen LogP contribution is 2.34. The quantitative estimate of drug-likeness (QED) is 0.404. The Hall–Kier alpha value is -4.67. The van der Waals surface area contributed by atoms with E-state index in [9.17, 15) is 28.0 Å². The molecule has 1 atom stereocenters. The fourth-order valence-corrected chi connectivity index (χ4v) is 3.04. The van der Waals surface area contributed by atoms with E-state index >= 15 is 0 Å². The molecule has 2 heterocycles. The molecule has 0 amide bonds. The van der Waals surface area contributed by atoms with Crippen LogP contribution >= 0.6 is 0 Å². The zero-order valence-corrected chi connectivity index (χ0v) is 20.6. The van der Waals surface area contributed by atoms with Crippen molar-refractivity contribution >= 4 is 12.1 Å². The Bertz CT molecular complexity index is 1400. The van der Waals surface area contributed by atoms with Crippen LogP contribution in [0.15, 0.2) is 36.5 Å². The lowest BCUT2D eigenvalue weighted by atomic mass is 9.95. The average Bonchev–Trinajstić information content (AvgIpc) is 3.31. The first kappa shape index (κ1) is 27.9. The van der Waals surface area contributed by atoms with Gasteiger partial charge >= 0.3 is 18.3 Å². The second kappa shape index (κ2) is 10.8. The number of nitrogens with zero attached hydrogens (tertiary/aromatic N) is 5. The van der Waals surface area contributed by atoms with Crippen molar-refractivity contribution in [1.82, 2.24) is 20.0 Å². The standard InChI is InChI=1S/C24H22F3N5O6/c1-13(38-22(35)37-12-23(2,3)21(33)34)32-30-19(11-28)20(31-32)15-7-14(8-17(9-15)36-4)18-10-16(5-6-29-18)24(25,26)27/h5-10,13H,12H2,1-4H3,(H,33,34). The molecule has 0 saturated heterocycles. The summed E-state index contributed by atoms with van der Waals surface area (Å²) in [6.07, 6.45) is -5.88.